The van der Waals surface area contributed by atoms with Crippen LogP contribution in [0, 0.1) is 0 Å². The van der Waals surface area contributed by atoms with Crippen LogP contribution in [-0.2, 0) is 36.5 Å². The fourth-order valence-corrected chi connectivity index (χ4v) is 0. The Morgan fingerprint density at radius 2 is 1.00 bits per heavy atom. The smallest absolute Gasteiger partial charge is 0 e. The van der Waals surface area contributed by atoms with Gasteiger partial charge >= 0.3 is 0 Å². The fraction of sp³-hybridized carbons (Fsp3) is 0. The van der Waals surface area contributed by atoms with Gasteiger partial charge in [0.15, 0.2) is 0 Å². The Morgan fingerprint density at radius 1 is 1.00 bits per heavy atom. The summed E-state index contributed by atoms with van der Waals surface area (Å²) < 4.78 is 0. The molecule has 0 atom stereocenters. The van der Waals surface area contributed by atoms with Gasteiger partial charge in [-0.3, -0.25) is 0 Å². The molecule has 0 saturated heterocycles. The van der Waals surface area contributed by atoms with Crippen LogP contribution in [0.25, 0.3) is 0 Å². The molecule has 0 aromatic carbocycles. The summed E-state index contributed by atoms with van der Waals surface area (Å²) in [5.41, 5.74) is 0. The van der Waals surface area contributed by atoms with E-state index in [0.717, 1.165) is 0 Å². The van der Waals surface area contributed by atoms with Crippen molar-refractivity contribution >= 4 is 74.4 Å². The van der Waals surface area contributed by atoms with Gasteiger partial charge in [0.1, 0.15) is 0 Å². The van der Waals surface area contributed by atoms with Crippen molar-refractivity contribution < 1.29 is 36.5 Å². The van der Waals surface area contributed by atoms with Gasteiger partial charge in [-0.1, -0.05) is 0 Å². The molecule has 4 heteroatoms. The number of hydrogen-bond acceptors (Lipinski definition) is 0. The molecule has 0 bridgehead atoms. The summed E-state index contributed by atoms with van der Waals surface area (Å²) >= 11 is 0. The van der Waals surface area contributed by atoms with E-state index in [4.69, 9.17) is 0 Å². The van der Waals surface area contributed by atoms with Crippen LogP contribution in [0.3, 0.4) is 0 Å². The summed E-state index contributed by atoms with van der Waals surface area (Å²) in [4.78, 5) is 0. The summed E-state index contributed by atoms with van der Waals surface area (Å²) in [5.74, 6) is 0. The van der Waals surface area contributed by atoms with E-state index < -0.39 is 0 Å². The molecule has 0 amide bonds. The van der Waals surface area contributed by atoms with Crippen molar-refractivity contribution in [3.8, 4) is 0 Å². The SMILES string of the molecule is [Fe].[K].[Mg].[Zn]. The van der Waals surface area contributed by atoms with Gasteiger partial charge in [0.2, 0.25) is 0 Å². The predicted octanol–water partition coefficient (Wildman–Crippen LogP) is -0.767. The molecule has 4 heavy (non-hydrogen) atoms. The first-order valence-corrected chi connectivity index (χ1v) is 0. The molecular formula is FeKMgZn. The molecular weight excluding hydrogens is 185 g/mol. The minimum Gasteiger partial charge on any atom is 0 e. The van der Waals surface area contributed by atoms with E-state index in [1.54, 1.807) is 0 Å². The Kier molecular flexibility index (Phi) is 103. The van der Waals surface area contributed by atoms with Gasteiger partial charge in [-0.05, 0) is 0 Å². The fourth-order valence-electron chi connectivity index (χ4n) is 0. The monoisotopic (exact) mass is 183 g/mol. The molecule has 0 fully saturated rings. The predicted molar refractivity (Wildman–Crippen MR) is 11.5 cm³/mol. The van der Waals surface area contributed by atoms with Crippen molar-refractivity contribution in [1.82, 2.24) is 0 Å². The number of hydrogen-bond donors (Lipinski definition) is 0. The van der Waals surface area contributed by atoms with Gasteiger partial charge < -0.3 is 0 Å². The molecule has 0 N–H and O–H groups in total. The molecule has 0 aliphatic carbocycles. The maximum Gasteiger partial charge on any atom is 0 e. The normalized spacial score (nSPS) is 0. The van der Waals surface area contributed by atoms with Gasteiger partial charge in [0, 0.05) is 111 Å². The van der Waals surface area contributed by atoms with Crippen LogP contribution in [0.5, 0.6) is 0 Å². The van der Waals surface area contributed by atoms with Crippen LogP contribution in [0.15, 0.2) is 0 Å². The first kappa shape index (κ1) is 25.7. The van der Waals surface area contributed by atoms with Gasteiger partial charge in [-0.15, -0.1) is 0 Å². The maximum atomic E-state index is 0. The second-order valence-corrected chi connectivity index (χ2v) is 0. The molecule has 0 nitrogen and oxygen atoms in total. The van der Waals surface area contributed by atoms with Crippen molar-refractivity contribution in [3.05, 3.63) is 0 Å². The first-order valence-electron chi connectivity index (χ1n) is 0. The van der Waals surface area contributed by atoms with Crippen LogP contribution >= 0.6 is 0 Å². The van der Waals surface area contributed by atoms with E-state index >= 15 is 0 Å². The van der Waals surface area contributed by atoms with Gasteiger partial charge in [0.25, 0.3) is 0 Å². The molecule has 0 aromatic heterocycles. The molecule has 3 radical (unpaired) electrons. The third-order valence-corrected chi connectivity index (χ3v) is 0. The Hall–Kier alpha value is 3.55. The van der Waals surface area contributed by atoms with E-state index in [1.807, 2.05) is 0 Å². The second kappa shape index (κ2) is 16.0. The van der Waals surface area contributed by atoms with Crippen LogP contribution in [0.4, 0.5) is 0 Å². The van der Waals surface area contributed by atoms with Crippen molar-refractivity contribution in [2.45, 2.75) is 0 Å². The Balaban J connectivity index is 0. The Labute approximate surface area is 108 Å². The maximum absolute atomic E-state index is 0. The molecule has 0 aliphatic heterocycles. The van der Waals surface area contributed by atoms with Gasteiger partial charge in [-0.2, -0.15) is 0 Å². The summed E-state index contributed by atoms with van der Waals surface area (Å²) in [6, 6.07) is 0. The Bertz CT molecular complexity index is 8.00. The summed E-state index contributed by atoms with van der Waals surface area (Å²) in [6.07, 6.45) is 0. The first-order chi connectivity index (χ1) is 0. The molecule has 0 saturated carbocycles. The average molecular weight is 185 g/mol. The molecule has 0 spiro atoms. The molecule has 0 heterocycles. The van der Waals surface area contributed by atoms with E-state index in [0.29, 0.717) is 0 Å². The van der Waals surface area contributed by atoms with Crippen molar-refractivity contribution in [2.75, 3.05) is 0 Å². The van der Waals surface area contributed by atoms with Crippen LogP contribution in [0.1, 0.15) is 0 Å². The zero-order chi connectivity index (χ0) is 0. The minimum absolute atomic E-state index is 0. The molecule has 0 rings (SSSR count). The molecule has 13 valence electrons. The molecule has 0 unspecified atom stereocenters. The largest absolute Gasteiger partial charge is 0 e. The molecule has 0 aromatic rings. The van der Waals surface area contributed by atoms with Gasteiger partial charge in [0.05, 0.1) is 0 Å². The van der Waals surface area contributed by atoms with E-state index in [9.17, 15) is 0 Å². The van der Waals surface area contributed by atoms with Crippen molar-refractivity contribution in [1.29, 1.82) is 0 Å². The second-order valence-electron chi connectivity index (χ2n) is 0. The van der Waals surface area contributed by atoms with Gasteiger partial charge in [-0.25, -0.2) is 0 Å². The Morgan fingerprint density at radius 3 is 1.00 bits per heavy atom. The molecule has 0 aliphatic rings. The quantitative estimate of drug-likeness (QED) is 0.434. The minimum atomic E-state index is 0. The standard InChI is InChI=1S/Fe.K.Mg.Zn. The van der Waals surface area contributed by atoms with E-state index in [-0.39, 0.29) is 111 Å². The third-order valence-electron chi connectivity index (χ3n) is 0. The third kappa shape index (κ3) is 9.11. The van der Waals surface area contributed by atoms with Crippen LogP contribution in [-0.4, -0.2) is 74.4 Å². The van der Waals surface area contributed by atoms with Crippen LogP contribution in [0.2, 0.25) is 0 Å². The zero-order valence-corrected chi connectivity index (χ0v) is 11.4. The number of rotatable bonds is 0. The topological polar surface area (TPSA) is 0 Å². The average Bonchev–Trinajstić information content (AvgIpc) is 0. The van der Waals surface area contributed by atoms with Crippen molar-refractivity contribution in [2.24, 2.45) is 0 Å². The van der Waals surface area contributed by atoms with Crippen molar-refractivity contribution in [3.63, 3.8) is 0 Å². The zero-order valence-electron chi connectivity index (χ0n) is 2.77. The summed E-state index contributed by atoms with van der Waals surface area (Å²) in [6.45, 7) is 0. The summed E-state index contributed by atoms with van der Waals surface area (Å²) in [7, 11) is 0. The van der Waals surface area contributed by atoms with Crippen LogP contribution < -0.4 is 0 Å². The van der Waals surface area contributed by atoms with E-state index in [2.05, 4.69) is 0 Å². The summed E-state index contributed by atoms with van der Waals surface area (Å²) in [5, 5.41) is 0. The van der Waals surface area contributed by atoms with E-state index in [1.165, 1.54) is 0 Å².